The van der Waals surface area contributed by atoms with Crippen LogP contribution in [-0.2, 0) is 10.2 Å². The van der Waals surface area contributed by atoms with Crippen LogP contribution in [0.4, 0.5) is 5.69 Å². The maximum absolute atomic E-state index is 12.5. The van der Waals surface area contributed by atoms with Crippen LogP contribution in [0.1, 0.15) is 127 Å². The molecule has 0 aliphatic rings. The molecule has 7 nitrogen and oxygen atoms in total. The SMILES string of the molecule is CCCCCCCCCCCCOC(=O)c1ccc(OCC(=NO)c2ccc(N(CC)CC)c(C(C)(C)C)c2)cc1O. The van der Waals surface area contributed by atoms with E-state index in [2.05, 4.69) is 63.7 Å². The van der Waals surface area contributed by atoms with Gasteiger partial charge in [0.05, 0.1) is 6.61 Å². The number of unbranched alkanes of at least 4 members (excludes halogenated alkanes) is 9. The first-order valence-corrected chi connectivity index (χ1v) is 15.9. The molecule has 42 heavy (non-hydrogen) atoms. The smallest absolute Gasteiger partial charge is 0.341 e. The fourth-order valence-electron chi connectivity index (χ4n) is 5.08. The summed E-state index contributed by atoms with van der Waals surface area (Å²) in [6, 6.07) is 10.5. The third-order valence-corrected chi connectivity index (χ3v) is 7.66. The third-order valence-electron chi connectivity index (χ3n) is 7.66. The quantitative estimate of drug-likeness (QED) is 0.0565. The number of aromatic hydroxyl groups is 1. The van der Waals surface area contributed by atoms with Crippen molar-refractivity contribution in [2.24, 2.45) is 5.16 Å². The predicted octanol–water partition coefficient (Wildman–Crippen LogP) is 8.87. The maximum atomic E-state index is 12.5. The normalized spacial score (nSPS) is 11.9. The van der Waals surface area contributed by atoms with E-state index in [-0.39, 0.29) is 23.3 Å². The van der Waals surface area contributed by atoms with Crippen LogP contribution in [0.25, 0.3) is 0 Å². The minimum Gasteiger partial charge on any atom is -0.507 e. The molecule has 0 radical (unpaired) electrons. The zero-order valence-electron chi connectivity index (χ0n) is 26.9. The number of phenols is 1. The summed E-state index contributed by atoms with van der Waals surface area (Å²) in [7, 11) is 0. The highest BCUT2D eigenvalue weighted by atomic mass is 16.5. The first-order chi connectivity index (χ1) is 20.2. The van der Waals surface area contributed by atoms with Crippen molar-refractivity contribution in [3.8, 4) is 11.5 Å². The van der Waals surface area contributed by atoms with Gasteiger partial charge in [0.2, 0.25) is 0 Å². The Balaban J connectivity index is 1.89. The molecule has 0 unspecified atom stereocenters. The van der Waals surface area contributed by atoms with Gasteiger partial charge < -0.3 is 24.7 Å². The van der Waals surface area contributed by atoms with Crippen molar-refractivity contribution in [1.82, 2.24) is 0 Å². The Bertz CT molecular complexity index is 1120. The molecule has 0 aliphatic carbocycles. The molecular weight excluding hydrogens is 528 g/mol. The van der Waals surface area contributed by atoms with Crippen LogP contribution in [0.2, 0.25) is 0 Å². The van der Waals surface area contributed by atoms with Gasteiger partial charge in [0.1, 0.15) is 29.4 Å². The van der Waals surface area contributed by atoms with Gasteiger partial charge in [-0.2, -0.15) is 0 Å². The Labute approximate surface area is 253 Å². The number of nitrogens with zero attached hydrogens (tertiary/aromatic N) is 2. The number of benzene rings is 2. The number of phenolic OH excluding ortho intramolecular Hbond substituents is 1. The second kappa shape index (κ2) is 18.3. The number of carbonyl (C=O) groups excluding carboxylic acids is 1. The second-order valence-corrected chi connectivity index (χ2v) is 12.0. The molecule has 0 saturated heterocycles. The highest BCUT2D eigenvalue weighted by Gasteiger charge is 2.22. The number of hydrogen-bond acceptors (Lipinski definition) is 7. The summed E-state index contributed by atoms with van der Waals surface area (Å²) in [5.41, 5.74) is 3.44. The van der Waals surface area contributed by atoms with E-state index in [1.807, 2.05) is 6.07 Å². The zero-order chi connectivity index (χ0) is 31.0. The fourth-order valence-corrected chi connectivity index (χ4v) is 5.08. The van der Waals surface area contributed by atoms with Gasteiger partial charge in [0.25, 0.3) is 0 Å². The Morgan fingerprint density at radius 1 is 0.857 bits per heavy atom. The van der Waals surface area contributed by atoms with Crippen molar-refractivity contribution in [1.29, 1.82) is 0 Å². The summed E-state index contributed by atoms with van der Waals surface area (Å²) in [5, 5.41) is 23.8. The first-order valence-electron chi connectivity index (χ1n) is 15.9. The largest absolute Gasteiger partial charge is 0.507 e. The molecule has 0 atom stereocenters. The lowest BCUT2D eigenvalue weighted by Crippen LogP contribution is -2.27. The minimum atomic E-state index is -0.546. The average Bonchev–Trinajstić information content (AvgIpc) is 2.96. The van der Waals surface area contributed by atoms with E-state index < -0.39 is 5.97 Å². The van der Waals surface area contributed by atoms with Gasteiger partial charge in [0, 0.05) is 30.4 Å². The van der Waals surface area contributed by atoms with Crippen molar-refractivity contribution in [2.75, 3.05) is 31.2 Å². The molecule has 234 valence electrons. The van der Waals surface area contributed by atoms with Crippen molar-refractivity contribution in [3.05, 3.63) is 53.1 Å². The van der Waals surface area contributed by atoms with Crippen molar-refractivity contribution in [3.63, 3.8) is 0 Å². The second-order valence-electron chi connectivity index (χ2n) is 12.0. The monoisotopic (exact) mass is 582 g/mol. The summed E-state index contributed by atoms with van der Waals surface area (Å²) in [5.74, 6) is -0.395. The van der Waals surface area contributed by atoms with E-state index in [0.29, 0.717) is 18.1 Å². The molecule has 0 aromatic heterocycles. The molecule has 2 aromatic rings. The number of carbonyl (C=O) groups is 1. The lowest BCUT2D eigenvalue weighted by molar-refractivity contribution is 0.0494. The Morgan fingerprint density at radius 3 is 2.02 bits per heavy atom. The maximum Gasteiger partial charge on any atom is 0.341 e. The van der Waals surface area contributed by atoms with Gasteiger partial charge in [-0.3, -0.25) is 0 Å². The highest BCUT2D eigenvalue weighted by molar-refractivity contribution is 6.02. The molecule has 0 amide bonds. The fraction of sp³-hybridized carbons (Fsp3) is 0.600. The van der Waals surface area contributed by atoms with Gasteiger partial charge in [-0.25, -0.2) is 4.79 Å². The summed E-state index contributed by atoms with van der Waals surface area (Å²) in [6.45, 7) is 15.1. The lowest BCUT2D eigenvalue weighted by atomic mass is 9.84. The zero-order valence-corrected chi connectivity index (χ0v) is 26.9. The van der Waals surface area contributed by atoms with Crippen molar-refractivity contribution < 1.29 is 24.6 Å². The van der Waals surface area contributed by atoms with Crippen LogP contribution in [0.15, 0.2) is 41.6 Å². The predicted molar refractivity (Wildman–Crippen MR) is 173 cm³/mol. The van der Waals surface area contributed by atoms with E-state index in [0.717, 1.165) is 49.2 Å². The minimum absolute atomic E-state index is 0.00727. The molecule has 0 fully saturated rings. The highest BCUT2D eigenvalue weighted by Crippen LogP contribution is 2.33. The van der Waals surface area contributed by atoms with Crippen LogP contribution in [0.5, 0.6) is 11.5 Å². The van der Waals surface area contributed by atoms with Gasteiger partial charge in [-0.05, 0) is 55.5 Å². The summed E-state index contributed by atoms with van der Waals surface area (Å²) >= 11 is 0. The molecule has 2 N–H and O–H groups in total. The van der Waals surface area contributed by atoms with Gasteiger partial charge in [-0.1, -0.05) is 96.7 Å². The van der Waals surface area contributed by atoms with Gasteiger partial charge in [-0.15, -0.1) is 0 Å². The van der Waals surface area contributed by atoms with E-state index in [1.165, 1.54) is 57.1 Å². The number of rotatable bonds is 19. The van der Waals surface area contributed by atoms with Crippen LogP contribution in [0.3, 0.4) is 0 Å². The van der Waals surface area contributed by atoms with E-state index >= 15 is 0 Å². The average molecular weight is 583 g/mol. The van der Waals surface area contributed by atoms with E-state index in [1.54, 1.807) is 6.07 Å². The van der Waals surface area contributed by atoms with Crippen LogP contribution in [-0.4, -0.2) is 48.3 Å². The van der Waals surface area contributed by atoms with E-state index in [9.17, 15) is 15.1 Å². The van der Waals surface area contributed by atoms with E-state index in [4.69, 9.17) is 9.47 Å². The van der Waals surface area contributed by atoms with Gasteiger partial charge in [0.15, 0.2) is 0 Å². The molecule has 0 aliphatic heterocycles. The van der Waals surface area contributed by atoms with Crippen LogP contribution in [0, 0.1) is 0 Å². The molecule has 2 aromatic carbocycles. The Hall–Kier alpha value is -3.22. The molecule has 0 spiro atoms. The van der Waals surface area contributed by atoms with Gasteiger partial charge >= 0.3 is 5.97 Å². The molecule has 0 heterocycles. The Morgan fingerprint density at radius 2 is 1.48 bits per heavy atom. The molecule has 0 saturated carbocycles. The standard InChI is InChI=1S/C35H54N2O5/c1-7-10-11-12-13-14-15-16-17-18-23-41-34(39)29-21-20-28(25-33(29)38)42-26-31(36-40)27-19-22-32(37(8-2)9-3)30(24-27)35(4,5)6/h19-22,24-25,38,40H,7-18,23,26H2,1-6H3. The molecule has 7 heteroatoms. The number of esters is 1. The van der Waals surface area contributed by atoms with Crippen molar-refractivity contribution in [2.45, 2.75) is 111 Å². The number of anilines is 1. The summed E-state index contributed by atoms with van der Waals surface area (Å²) in [4.78, 5) is 14.8. The summed E-state index contributed by atoms with van der Waals surface area (Å²) in [6.07, 6.45) is 12.1. The topological polar surface area (TPSA) is 91.6 Å². The summed E-state index contributed by atoms with van der Waals surface area (Å²) < 4.78 is 11.2. The molecule has 0 bridgehead atoms. The van der Waals surface area contributed by atoms with Crippen molar-refractivity contribution >= 4 is 17.4 Å². The van der Waals surface area contributed by atoms with Crippen LogP contribution < -0.4 is 9.64 Å². The number of ether oxygens (including phenoxy) is 2. The number of hydrogen-bond donors (Lipinski definition) is 2. The third kappa shape index (κ3) is 11.2. The Kier molecular flexibility index (Phi) is 15.3. The number of oxime groups is 1. The molecular formula is C35H54N2O5. The first kappa shape index (κ1) is 35.0. The lowest BCUT2D eigenvalue weighted by Gasteiger charge is -2.30. The van der Waals surface area contributed by atoms with Crippen LogP contribution >= 0.6 is 0 Å². The molecule has 2 rings (SSSR count).